The van der Waals surface area contributed by atoms with Gasteiger partial charge in [0.15, 0.2) is 6.61 Å². The number of anilines is 1. The number of hydrogen-bond donors (Lipinski definition) is 2. The van der Waals surface area contributed by atoms with Gasteiger partial charge in [-0.05, 0) is 48.4 Å². The van der Waals surface area contributed by atoms with Crippen LogP contribution in [-0.2, 0) is 11.3 Å². The second-order valence-electron chi connectivity index (χ2n) is 8.27. The highest BCUT2D eigenvalue weighted by molar-refractivity contribution is 5.94. The molecule has 3 aromatic carbocycles. The molecular weight excluding hydrogens is 430 g/mol. The Morgan fingerprint density at radius 2 is 1.76 bits per heavy atom. The van der Waals surface area contributed by atoms with Crippen molar-refractivity contribution in [2.45, 2.75) is 19.0 Å². The summed E-state index contributed by atoms with van der Waals surface area (Å²) in [5.74, 6) is 0.798. The minimum Gasteiger partial charge on any atom is -0.497 e. The number of nitrogens with zero attached hydrogens (tertiary/aromatic N) is 1. The van der Waals surface area contributed by atoms with Gasteiger partial charge in [0.1, 0.15) is 11.5 Å². The molecule has 2 amide bonds. The van der Waals surface area contributed by atoms with E-state index < -0.39 is 0 Å². The number of likely N-dealkylation sites (tertiary alicyclic amines) is 1. The first kappa shape index (κ1) is 23.3. The van der Waals surface area contributed by atoms with Gasteiger partial charge in [-0.25, -0.2) is 0 Å². The summed E-state index contributed by atoms with van der Waals surface area (Å²) in [7, 11) is 1.57. The quantitative estimate of drug-likeness (QED) is 0.510. The summed E-state index contributed by atoms with van der Waals surface area (Å²) in [4.78, 5) is 27.2. The molecule has 0 bridgehead atoms. The van der Waals surface area contributed by atoms with E-state index in [0.717, 1.165) is 26.1 Å². The summed E-state index contributed by atoms with van der Waals surface area (Å²) < 4.78 is 10.7. The molecule has 0 aromatic heterocycles. The molecule has 1 aliphatic rings. The molecule has 0 unspecified atom stereocenters. The largest absolute Gasteiger partial charge is 0.497 e. The normalized spacial score (nSPS) is 15.5. The molecule has 176 valence electrons. The van der Waals surface area contributed by atoms with E-state index in [2.05, 4.69) is 27.7 Å². The van der Waals surface area contributed by atoms with E-state index in [4.69, 9.17) is 9.47 Å². The Morgan fingerprint density at radius 1 is 0.971 bits per heavy atom. The number of amides is 2. The number of hydrogen-bond acceptors (Lipinski definition) is 5. The van der Waals surface area contributed by atoms with Crippen LogP contribution in [-0.4, -0.2) is 49.6 Å². The predicted molar refractivity (Wildman–Crippen MR) is 131 cm³/mol. The molecule has 1 atom stereocenters. The van der Waals surface area contributed by atoms with Crippen LogP contribution >= 0.6 is 0 Å². The summed E-state index contributed by atoms with van der Waals surface area (Å²) in [5, 5.41) is 5.89. The van der Waals surface area contributed by atoms with Crippen LogP contribution in [0.5, 0.6) is 11.5 Å². The molecule has 2 N–H and O–H groups in total. The van der Waals surface area contributed by atoms with Gasteiger partial charge in [-0.15, -0.1) is 0 Å². The molecular formula is C27H29N3O4. The molecule has 1 saturated heterocycles. The number of ether oxygens (including phenoxy) is 2. The van der Waals surface area contributed by atoms with Crippen LogP contribution < -0.4 is 20.1 Å². The van der Waals surface area contributed by atoms with Crippen LogP contribution in [0.2, 0.25) is 0 Å². The highest BCUT2D eigenvalue weighted by Gasteiger charge is 2.24. The molecule has 0 radical (unpaired) electrons. The summed E-state index contributed by atoms with van der Waals surface area (Å²) in [5.41, 5.74) is 2.48. The van der Waals surface area contributed by atoms with E-state index in [9.17, 15) is 9.59 Å². The van der Waals surface area contributed by atoms with Crippen molar-refractivity contribution in [3.8, 4) is 11.5 Å². The lowest BCUT2D eigenvalue weighted by molar-refractivity contribution is -0.118. The Kier molecular flexibility index (Phi) is 7.78. The summed E-state index contributed by atoms with van der Waals surface area (Å²) >= 11 is 0. The zero-order chi connectivity index (χ0) is 23.8. The van der Waals surface area contributed by atoms with Gasteiger partial charge in [-0.3, -0.25) is 14.5 Å². The monoisotopic (exact) mass is 459 g/mol. The predicted octanol–water partition coefficient (Wildman–Crippen LogP) is 3.72. The molecule has 7 heteroatoms. The van der Waals surface area contributed by atoms with E-state index in [-0.39, 0.29) is 24.5 Å². The lowest BCUT2D eigenvalue weighted by Crippen LogP contribution is -2.36. The Labute approximate surface area is 199 Å². The standard InChI is InChI=1S/C27H29N3O4/c1-33-25-9-5-8-22(16-25)28-26(31)19-34-24-12-10-21(11-13-24)27(32)29-23-14-15-30(18-23)17-20-6-3-2-4-7-20/h2-13,16,23H,14-15,17-19H2,1H3,(H,28,31)(H,29,32)/t23-/m1/s1. The van der Waals surface area contributed by atoms with Crippen molar-refractivity contribution < 1.29 is 19.1 Å². The lowest BCUT2D eigenvalue weighted by atomic mass is 10.2. The van der Waals surface area contributed by atoms with Crippen LogP contribution in [0.15, 0.2) is 78.9 Å². The van der Waals surface area contributed by atoms with E-state index in [1.54, 1.807) is 55.6 Å². The third-order valence-corrected chi connectivity index (χ3v) is 5.70. The zero-order valence-electron chi connectivity index (χ0n) is 19.2. The molecule has 7 nitrogen and oxygen atoms in total. The maximum Gasteiger partial charge on any atom is 0.262 e. The number of carbonyl (C=O) groups excluding carboxylic acids is 2. The highest BCUT2D eigenvalue weighted by Crippen LogP contribution is 2.18. The topological polar surface area (TPSA) is 79.9 Å². The fourth-order valence-electron chi connectivity index (χ4n) is 3.95. The van der Waals surface area contributed by atoms with Crippen molar-refractivity contribution in [1.29, 1.82) is 0 Å². The number of methoxy groups -OCH3 is 1. The lowest BCUT2D eigenvalue weighted by Gasteiger charge is -2.17. The van der Waals surface area contributed by atoms with Gasteiger partial charge in [0.05, 0.1) is 7.11 Å². The Morgan fingerprint density at radius 3 is 2.53 bits per heavy atom. The number of benzene rings is 3. The van der Waals surface area contributed by atoms with Crippen molar-refractivity contribution in [2.75, 3.05) is 32.1 Å². The number of nitrogens with one attached hydrogen (secondary N) is 2. The molecule has 1 heterocycles. The third kappa shape index (κ3) is 6.59. The maximum atomic E-state index is 12.7. The highest BCUT2D eigenvalue weighted by atomic mass is 16.5. The summed E-state index contributed by atoms with van der Waals surface area (Å²) in [6, 6.07) is 24.4. The van der Waals surface area contributed by atoms with Gasteiger partial charge in [0.2, 0.25) is 0 Å². The fraction of sp³-hybridized carbons (Fsp3) is 0.259. The van der Waals surface area contributed by atoms with Gasteiger partial charge in [-0.1, -0.05) is 36.4 Å². The van der Waals surface area contributed by atoms with E-state index in [1.165, 1.54) is 5.56 Å². The molecule has 34 heavy (non-hydrogen) atoms. The molecule has 1 fully saturated rings. The molecule has 3 aromatic rings. The summed E-state index contributed by atoms with van der Waals surface area (Å²) in [6.45, 7) is 2.56. The Hall–Kier alpha value is -3.84. The second kappa shape index (κ2) is 11.3. The van der Waals surface area contributed by atoms with Crippen LogP contribution in [0.1, 0.15) is 22.3 Å². The van der Waals surface area contributed by atoms with Gasteiger partial charge >= 0.3 is 0 Å². The molecule has 0 saturated carbocycles. The first-order valence-corrected chi connectivity index (χ1v) is 11.3. The van der Waals surface area contributed by atoms with Crippen LogP contribution in [0.4, 0.5) is 5.69 Å². The summed E-state index contributed by atoms with van der Waals surface area (Å²) in [6.07, 6.45) is 0.933. The molecule has 0 aliphatic carbocycles. The Bertz CT molecular complexity index is 1100. The second-order valence-corrected chi connectivity index (χ2v) is 8.27. The van der Waals surface area contributed by atoms with Crippen LogP contribution in [0.3, 0.4) is 0 Å². The van der Waals surface area contributed by atoms with Crippen molar-refractivity contribution in [3.63, 3.8) is 0 Å². The van der Waals surface area contributed by atoms with E-state index in [1.807, 2.05) is 18.2 Å². The van der Waals surface area contributed by atoms with Crippen molar-refractivity contribution in [1.82, 2.24) is 10.2 Å². The molecule has 0 spiro atoms. The van der Waals surface area contributed by atoms with Gasteiger partial charge in [0, 0.05) is 43.0 Å². The van der Waals surface area contributed by atoms with Crippen molar-refractivity contribution in [2.24, 2.45) is 0 Å². The van der Waals surface area contributed by atoms with E-state index >= 15 is 0 Å². The van der Waals surface area contributed by atoms with Crippen molar-refractivity contribution >= 4 is 17.5 Å². The van der Waals surface area contributed by atoms with Gasteiger partial charge in [0.25, 0.3) is 11.8 Å². The average molecular weight is 460 g/mol. The minimum atomic E-state index is -0.281. The van der Waals surface area contributed by atoms with Gasteiger partial charge in [-0.2, -0.15) is 0 Å². The Balaban J connectivity index is 1.21. The molecule has 4 rings (SSSR count). The average Bonchev–Trinajstić information content (AvgIpc) is 3.30. The number of carbonyl (C=O) groups is 2. The van der Waals surface area contributed by atoms with Crippen molar-refractivity contribution in [3.05, 3.63) is 90.0 Å². The van der Waals surface area contributed by atoms with Crippen LogP contribution in [0.25, 0.3) is 0 Å². The third-order valence-electron chi connectivity index (χ3n) is 5.70. The maximum absolute atomic E-state index is 12.7. The fourth-order valence-corrected chi connectivity index (χ4v) is 3.95. The first-order valence-electron chi connectivity index (χ1n) is 11.3. The van der Waals surface area contributed by atoms with Crippen LogP contribution in [0, 0.1) is 0 Å². The zero-order valence-corrected chi connectivity index (χ0v) is 19.2. The van der Waals surface area contributed by atoms with Gasteiger partial charge < -0.3 is 20.1 Å². The first-order chi connectivity index (χ1) is 16.6. The SMILES string of the molecule is COc1cccc(NC(=O)COc2ccc(C(=O)N[C@@H]3CCN(Cc4ccccc4)C3)cc2)c1. The smallest absolute Gasteiger partial charge is 0.262 e. The minimum absolute atomic E-state index is 0.103. The molecule has 1 aliphatic heterocycles. The number of rotatable bonds is 9. The van der Waals surface area contributed by atoms with E-state index in [0.29, 0.717) is 22.7 Å².